The average Bonchev–Trinajstić information content (AvgIpc) is 2.61. The van der Waals surface area contributed by atoms with E-state index in [1.165, 1.54) is 0 Å². The van der Waals surface area contributed by atoms with Gasteiger partial charge in [-0.05, 0) is 54.7 Å². The number of carbonyl (C=O) groups excluding carboxylic acids is 1. The fraction of sp³-hybridized carbons (Fsp3) is 0.545. The lowest BCUT2D eigenvalue weighted by molar-refractivity contribution is -0.119. The first-order valence-corrected chi connectivity index (χ1v) is 9.76. The predicted octanol–water partition coefficient (Wildman–Crippen LogP) is 4.69. The molecule has 1 aromatic carbocycles. The maximum atomic E-state index is 13.3. The summed E-state index contributed by atoms with van der Waals surface area (Å²) in [6.07, 6.45) is 2.62. The fourth-order valence-corrected chi connectivity index (χ4v) is 4.53. The molecule has 2 aliphatic rings. The van der Waals surface area contributed by atoms with E-state index in [-0.39, 0.29) is 11.2 Å². The SMILES string of the molecule is CCc1cc(C)cc(CC)c1C1=C(OC(=O)O)CC2(CCOCC2)CC1=O. The van der Waals surface area contributed by atoms with Crippen LogP contribution in [-0.2, 0) is 27.1 Å². The highest BCUT2D eigenvalue weighted by atomic mass is 16.7. The van der Waals surface area contributed by atoms with E-state index in [9.17, 15) is 14.7 Å². The minimum Gasteiger partial charge on any atom is -0.449 e. The van der Waals surface area contributed by atoms with Gasteiger partial charge in [0.1, 0.15) is 5.76 Å². The number of benzene rings is 1. The highest BCUT2D eigenvalue weighted by Gasteiger charge is 2.43. The highest BCUT2D eigenvalue weighted by Crippen LogP contribution is 2.48. The van der Waals surface area contributed by atoms with Crippen molar-refractivity contribution < 1.29 is 24.2 Å². The summed E-state index contributed by atoms with van der Waals surface area (Å²) < 4.78 is 10.7. The number of hydrogen-bond donors (Lipinski definition) is 1. The molecule has 1 aliphatic carbocycles. The highest BCUT2D eigenvalue weighted by molar-refractivity contribution is 6.23. The van der Waals surface area contributed by atoms with Crippen molar-refractivity contribution >= 4 is 17.5 Å². The quantitative estimate of drug-likeness (QED) is 0.777. The van der Waals surface area contributed by atoms with Gasteiger partial charge in [0.05, 0.1) is 5.57 Å². The normalized spacial score (nSPS) is 19.4. The van der Waals surface area contributed by atoms with Crippen molar-refractivity contribution in [2.45, 2.75) is 59.3 Å². The van der Waals surface area contributed by atoms with E-state index < -0.39 is 6.16 Å². The van der Waals surface area contributed by atoms with Gasteiger partial charge in [0, 0.05) is 26.1 Å². The number of rotatable bonds is 4. The number of ketones is 1. The van der Waals surface area contributed by atoms with Gasteiger partial charge in [0.2, 0.25) is 0 Å². The molecule has 1 aliphatic heterocycles. The monoisotopic (exact) mass is 372 g/mol. The Hall–Kier alpha value is -2.14. The molecule has 1 fully saturated rings. The van der Waals surface area contributed by atoms with Gasteiger partial charge in [-0.2, -0.15) is 0 Å². The Kier molecular flexibility index (Phi) is 5.70. The number of Topliss-reactive ketones (excluding diaryl/α,β-unsaturated/α-hetero) is 1. The van der Waals surface area contributed by atoms with Gasteiger partial charge in [-0.25, -0.2) is 4.79 Å². The zero-order chi connectivity index (χ0) is 19.6. The smallest absolute Gasteiger partial charge is 0.449 e. The number of aryl methyl sites for hydroxylation is 3. The Morgan fingerprint density at radius 3 is 2.26 bits per heavy atom. The molecule has 0 bridgehead atoms. The van der Waals surface area contributed by atoms with Gasteiger partial charge < -0.3 is 14.6 Å². The summed E-state index contributed by atoms with van der Waals surface area (Å²) in [7, 11) is 0. The number of carboxylic acid groups (broad SMARTS) is 1. The molecule has 27 heavy (non-hydrogen) atoms. The van der Waals surface area contributed by atoms with Crippen LogP contribution in [0.15, 0.2) is 17.9 Å². The molecule has 5 heteroatoms. The van der Waals surface area contributed by atoms with Gasteiger partial charge >= 0.3 is 6.16 Å². The van der Waals surface area contributed by atoms with Gasteiger partial charge in [-0.1, -0.05) is 31.5 Å². The van der Waals surface area contributed by atoms with Crippen LogP contribution in [0.5, 0.6) is 0 Å². The molecule has 0 radical (unpaired) electrons. The van der Waals surface area contributed by atoms with Crippen molar-refractivity contribution in [3.63, 3.8) is 0 Å². The lowest BCUT2D eigenvalue weighted by atomic mass is 9.67. The molecule has 5 nitrogen and oxygen atoms in total. The van der Waals surface area contributed by atoms with E-state index in [4.69, 9.17) is 9.47 Å². The summed E-state index contributed by atoms with van der Waals surface area (Å²) in [4.78, 5) is 24.7. The molecule has 3 rings (SSSR count). The maximum Gasteiger partial charge on any atom is 0.511 e. The topological polar surface area (TPSA) is 72.8 Å². The molecule has 1 heterocycles. The van der Waals surface area contributed by atoms with Crippen LogP contribution in [0.25, 0.3) is 5.57 Å². The second kappa shape index (κ2) is 7.85. The Bertz CT molecular complexity index is 759. The first-order chi connectivity index (χ1) is 12.9. The second-order valence-electron chi connectivity index (χ2n) is 7.72. The summed E-state index contributed by atoms with van der Waals surface area (Å²) in [5.41, 5.74) is 4.41. The Balaban J connectivity index is 2.18. The van der Waals surface area contributed by atoms with Gasteiger partial charge in [-0.3, -0.25) is 4.79 Å². The molecule has 1 spiro atoms. The Morgan fingerprint density at radius 1 is 1.15 bits per heavy atom. The van der Waals surface area contributed by atoms with Crippen LogP contribution in [-0.4, -0.2) is 30.3 Å². The summed E-state index contributed by atoms with van der Waals surface area (Å²) in [5.74, 6) is 0.307. The zero-order valence-corrected chi connectivity index (χ0v) is 16.4. The summed E-state index contributed by atoms with van der Waals surface area (Å²) >= 11 is 0. The molecule has 0 saturated carbocycles. The van der Waals surface area contributed by atoms with Crippen molar-refractivity contribution in [3.8, 4) is 0 Å². The van der Waals surface area contributed by atoms with Crippen LogP contribution >= 0.6 is 0 Å². The maximum absolute atomic E-state index is 13.3. The van der Waals surface area contributed by atoms with Crippen molar-refractivity contribution in [2.75, 3.05) is 13.2 Å². The number of hydrogen-bond acceptors (Lipinski definition) is 4. The van der Waals surface area contributed by atoms with Gasteiger partial charge in [-0.15, -0.1) is 0 Å². The predicted molar refractivity (Wildman–Crippen MR) is 103 cm³/mol. The van der Waals surface area contributed by atoms with E-state index in [1.807, 2.05) is 6.92 Å². The third-order valence-corrected chi connectivity index (χ3v) is 5.85. The number of ether oxygens (including phenoxy) is 2. The number of allylic oxidation sites excluding steroid dienone is 2. The minimum absolute atomic E-state index is 0.00680. The fourth-order valence-electron chi connectivity index (χ4n) is 4.53. The first-order valence-electron chi connectivity index (χ1n) is 9.76. The molecule has 1 N–H and O–H groups in total. The summed E-state index contributed by atoms with van der Waals surface area (Å²) in [5, 5.41) is 9.31. The van der Waals surface area contributed by atoms with E-state index >= 15 is 0 Å². The molecular weight excluding hydrogens is 344 g/mol. The molecule has 1 aromatic rings. The zero-order valence-electron chi connectivity index (χ0n) is 16.4. The molecule has 1 saturated heterocycles. The second-order valence-corrected chi connectivity index (χ2v) is 7.72. The molecule has 0 atom stereocenters. The molecule has 0 amide bonds. The molecule has 0 unspecified atom stereocenters. The van der Waals surface area contributed by atoms with E-state index in [2.05, 4.69) is 26.0 Å². The van der Waals surface area contributed by atoms with Crippen molar-refractivity contribution in [1.82, 2.24) is 0 Å². The standard InChI is InChI=1S/C22H28O5/c1-4-15-10-14(3)11-16(5-2)19(15)20-17(23)12-22(6-8-26-9-7-22)13-18(20)27-21(24)25/h10-11H,4-9,12-13H2,1-3H3,(H,24,25). The van der Waals surface area contributed by atoms with E-state index in [0.717, 1.165) is 47.9 Å². The van der Waals surface area contributed by atoms with Crippen LogP contribution in [0.1, 0.15) is 61.8 Å². The Morgan fingerprint density at radius 2 is 1.74 bits per heavy atom. The van der Waals surface area contributed by atoms with Crippen molar-refractivity contribution in [2.24, 2.45) is 5.41 Å². The molecular formula is C22H28O5. The van der Waals surface area contributed by atoms with Crippen LogP contribution in [0, 0.1) is 12.3 Å². The minimum atomic E-state index is -1.36. The Labute approximate surface area is 160 Å². The lowest BCUT2D eigenvalue weighted by Crippen LogP contribution is -2.37. The van der Waals surface area contributed by atoms with Crippen molar-refractivity contribution in [1.29, 1.82) is 0 Å². The third-order valence-electron chi connectivity index (χ3n) is 5.85. The van der Waals surface area contributed by atoms with E-state index in [0.29, 0.717) is 37.4 Å². The average molecular weight is 372 g/mol. The molecule has 0 aromatic heterocycles. The first kappa shape index (κ1) is 19.6. The van der Waals surface area contributed by atoms with E-state index in [1.54, 1.807) is 0 Å². The van der Waals surface area contributed by atoms with Crippen molar-refractivity contribution in [3.05, 3.63) is 40.1 Å². The summed E-state index contributed by atoms with van der Waals surface area (Å²) in [6, 6.07) is 4.18. The van der Waals surface area contributed by atoms with Crippen LogP contribution in [0.2, 0.25) is 0 Å². The molecule has 146 valence electrons. The van der Waals surface area contributed by atoms with Crippen LogP contribution in [0.3, 0.4) is 0 Å². The van der Waals surface area contributed by atoms with Crippen LogP contribution in [0.4, 0.5) is 4.79 Å². The lowest BCUT2D eigenvalue weighted by Gasteiger charge is -2.40. The third kappa shape index (κ3) is 3.93. The number of carbonyl (C=O) groups is 2. The largest absolute Gasteiger partial charge is 0.511 e. The van der Waals surface area contributed by atoms with Gasteiger partial charge in [0.15, 0.2) is 5.78 Å². The summed E-state index contributed by atoms with van der Waals surface area (Å²) in [6.45, 7) is 7.37. The van der Waals surface area contributed by atoms with Crippen LogP contribution < -0.4 is 0 Å². The van der Waals surface area contributed by atoms with Gasteiger partial charge in [0.25, 0.3) is 0 Å².